The third kappa shape index (κ3) is 1.54. The molecule has 4 heteroatoms. The Hall–Kier alpha value is -1.97. The van der Waals surface area contributed by atoms with E-state index in [0.29, 0.717) is 0 Å². The summed E-state index contributed by atoms with van der Waals surface area (Å²) >= 11 is 0. The molecule has 2 aromatic heterocycles. The number of hydrogen-bond acceptors (Lipinski definition) is 3. The highest BCUT2D eigenvalue weighted by molar-refractivity contribution is 5.64. The van der Waals surface area contributed by atoms with Gasteiger partial charge in [-0.05, 0) is 12.1 Å². The van der Waals surface area contributed by atoms with Crippen LogP contribution in [0.4, 0.5) is 10.1 Å². The molecule has 0 aliphatic rings. The molecule has 0 atom stereocenters. The van der Waals surface area contributed by atoms with E-state index in [4.69, 9.17) is 5.73 Å². The van der Waals surface area contributed by atoms with Crippen molar-refractivity contribution in [3.63, 3.8) is 0 Å². The molecule has 3 nitrogen and oxygen atoms in total. The molecule has 0 unspecified atom stereocenters. The largest absolute Gasteiger partial charge is 0.395 e. The highest BCUT2D eigenvalue weighted by Crippen LogP contribution is 2.20. The molecule has 2 rings (SSSR count). The van der Waals surface area contributed by atoms with E-state index in [1.165, 1.54) is 6.20 Å². The predicted octanol–water partition coefficient (Wildman–Crippen LogP) is 1.86. The molecule has 0 aliphatic carbocycles. The smallest absolute Gasteiger partial charge is 0.236 e. The minimum atomic E-state index is -0.641. The molecule has 2 aromatic rings. The number of nitrogen functional groups attached to an aromatic ring is 1. The lowest BCUT2D eigenvalue weighted by molar-refractivity contribution is 0.589. The van der Waals surface area contributed by atoms with Crippen LogP contribution >= 0.6 is 0 Å². The molecule has 0 amide bonds. The summed E-state index contributed by atoms with van der Waals surface area (Å²) in [5.74, 6) is -0.641. The van der Waals surface area contributed by atoms with Gasteiger partial charge in [0.2, 0.25) is 5.95 Å². The number of aromatic nitrogens is 2. The second-order valence-electron chi connectivity index (χ2n) is 2.85. The molecular formula is C10H8FN3. The topological polar surface area (TPSA) is 51.8 Å². The van der Waals surface area contributed by atoms with Crippen LogP contribution in [0.1, 0.15) is 0 Å². The Bertz CT molecular complexity index is 442. The number of rotatable bonds is 1. The number of nitrogens with two attached hydrogens (primary N) is 1. The average molecular weight is 189 g/mol. The number of anilines is 1. The summed E-state index contributed by atoms with van der Waals surface area (Å²) in [5, 5.41) is 0. The van der Waals surface area contributed by atoms with Crippen molar-refractivity contribution in [2.24, 2.45) is 0 Å². The van der Waals surface area contributed by atoms with Crippen molar-refractivity contribution in [1.82, 2.24) is 9.97 Å². The predicted molar refractivity (Wildman–Crippen MR) is 51.8 cm³/mol. The van der Waals surface area contributed by atoms with Crippen LogP contribution in [-0.4, -0.2) is 9.97 Å². The number of nitrogens with zero attached hydrogens (tertiary/aromatic N) is 2. The SMILES string of the molecule is Nc1cc(-c2cccnc2)cnc1F. The first-order valence-electron chi connectivity index (χ1n) is 4.09. The van der Waals surface area contributed by atoms with Gasteiger partial charge in [-0.15, -0.1) is 0 Å². The molecular weight excluding hydrogens is 181 g/mol. The molecule has 0 radical (unpaired) electrons. The fourth-order valence-corrected chi connectivity index (χ4v) is 1.16. The third-order valence-corrected chi connectivity index (χ3v) is 1.86. The maximum atomic E-state index is 12.8. The molecule has 0 bridgehead atoms. The maximum absolute atomic E-state index is 12.8. The number of halogens is 1. The van der Waals surface area contributed by atoms with Gasteiger partial charge in [0.25, 0.3) is 0 Å². The first kappa shape index (κ1) is 8.62. The van der Waals surface area contributed by atoms with Gasteiger partial charge < -0.3 is 5.73 Å². The van der Waals surface area contributed by atoms with Gasteiger partial charge in [-0.1, -0.05) is 6.07 Å². The lowest BCUT2D eigenvalue weighted by atomic mass is 10.1. The summed E-state index contributed by atoms with van der Waals surface area (Å²) in [6, 6.07) is 5.20. The Balaban J connectivity index is 2.48. The Labute approximate surface area is 80.4 Å². The second-order valence-corrected chi connectivity index (χ2v) is 2.85. The van der Waals surface area contributed by atoms with E-state index in [1.54, 1.807) is 24.5 Å². The second kappa shape index (κ2) is 3.41. The molecule has 0 aromatic carbocycles. The summed E-state index contributed by atoms with van der Waals surface area (Å²) < 4.78 is 12.8. The minimum absolute atomic E-state index is 0.0475. The number of hydrogen-bond donors (Lipinski definition) is 1. The molecule has 14 heavy (non-hydrogen) atoms. The van der Waals surface area contributed by atoms with Crippen LogP contribution < -0.4 is 5.73 Å². The summed E-state index contributed by atoms with van der Waals surface area (Å²) in [7, 11) is 0. The Kier molecular flexibility index (Phi) is 2.10. The first-order valence-corrected chi connectivity index (χ1v) is 4.09. The fraction of sp³-hybridized carbons (Fsp3) is 0. The van der Waals surface area contributed by atoms with E-state index in [2.05, 4.69) is 9.97 Å². The first-order chi connectivity index (χ1) is 6.77. The third-order valence-electron chi connectivity index (χ3n) is 1.86. The van der Waals surface area contributed by atoms with Crippen LogP contribution in [0.2, 0.25) is 0 Å². The Morgan fingerprint density at radius 3 is 2.71 bits per heavy atom. The zero-order chi connectivity index (χ0) is 9.97. The van der Waals surface area contributed by atoms with Crippen molar-refractivity contribution in [3.05, 3.63) is 42.7 Å². The van der Waals surface area contributed by atoms with Gasteiger partial charge in [-0.25, -0.2) is 4.98 Å². The van der Waals surface area contributed by atoms with E-state index >= 15 is 0 Å². The highest BCUT2D eigenvalue weighted by atomic mass is 19.1. The molecule has 2 N–H and O–H groups in total. The monoisotopic (exact) mass is 189 g/mol. The number of pyridine rings is 2. The van der Waals surface area contributed by atoms with Crippen molar-refractivity contribution < 1.29 is 4.39 Å². The zero-order valence-electron chi connectivity index (χ0n) is 7.31. The van der Waals surface area contributed by atoms with Crippen molar-refractivity contribution in [3.8, 4) is 11.1 Å². The van der Waals surface area contributed by atoms with Gasteiger partial charge in [0.05, 0.1) is 5.69 Å². The van der Waals surface area contributed by atoms with Gasteiger partial charge in [-0.2, -0.15) is 4.39 Å². The van der Waals surface area contributed by atoms with Gasteiger partial charge >= 0.3 is 0 Å². The Morgan fingerprint density at radius 2 is 2.07 bits per heavy atom. The van der Waals surface area contributed by atoms with Crippen molar-refractivity contribution >= 4 is 5.69 Å². The van der Waals surface area contributed by atoms with E-state index < -0.39 is 5.95 Å². The zero-order valence-corrected chi connectivity index (χ0v) is 7.31. The molecule has 0 fully saturated rings. The van der Waals surface area contributed by atoms with Gasteiger partial charge in [0.1, 0.15) is 0 Å². The van der Waals surface area contributed by atoms with Crippen molar-refractivity contribution in [1.29, 1.82) is 0 Å². The van der Waals surface area contributed by atoms with Crippen molar-refractivity contribution in [2.75, 3.05) is 5.73 Å². The molecule has 0 aliphatic heterocycles. The molecule has 70 valence electrons. The quantitative estimate of drug-likeness (QED) is 0.696. The van der Waals surface area contributed by atoms with Gasteiger partial charge in [0, 0.05) is 29.7 Å². The van der Waals surface area contributed by atoms with Crippen LogP contribution in [0.5, 0.6) is 0 Å². The standard InChI is InChI=1S/C10H8FN3/c11-10-9(12)4-8(6-14-10)7-2-1-3-13-5-7/h1-6H,12H2. The summed E-state index contributed by atoms with van der Waals surface area (Å²) in [6.07, 6.45) is 4.78. The molecule has 2 heterocycles. The molecule has 0 saturated carbocycles. The summed E-state index contributed by atoms with van der Waals surface area (Å²) in [4.78, 5) is 7.49. The Morgan fingerprint density at radius 1 is 1.21 bits per heavy atom. The van der Waals surface area contributed by atoms with E-state index in [1.807, 2.05) is 6.07 Å². The summed E-state index contributed by atoms with van der Waals surface area (Å²) in [5.41, 5.74) is 7.08. The van der Waals surface area contributed by atoms with Crippen LogP contribution in [0, 0.1) is 5.95 Å². The van der Waals surface area contributed by atoms with Crippen LogP contribution in [0.15, 0.2) is 36.8 Å². The summed E-state index contributed by atoms with van der Waals surface area (Å²) in [6.45, 7) is 0. The normalized spacial score (nSPS) is 10.1. The van der Waals surface area contributed by atoms with Crippen LogP contribution in [0.3, 0.4) is 0 Å². The lowest BCUT2D eigenvalue weighted by Crippen LogP contribution is -1.94. The van der Waals surface area contributed by atoms with Crippen LogP contribution in [0.25, 0.3) is 11.1 Å². The minimum Gasteiger partial charge on any atom is -0.395 e. The van der Waals surface area contributed by atoms with E-state index in [0.717, 1.165) is 11.1 Å². The fourth-order valence-electron chi connectivity index (χ4n) is 1.16. The lowest BCUT2D eigenvalue weighted by Gasteiger charge is -2.01. The van der Waals surface area contributed by atoms with Gasteiger partial charge in [-0.3, -0.25) is 4.98 Å². The maximum Gasteiger partial charge on any atom is 0.236 e. The van der Waals surface area contributed by atoms with E-state index in [9.17, 15) is 4.39 Å². The average Bonchev–Trinajstić information content (AvgIpc) is 2.23. The van der Waals surface area contributed by atoms with E-state index in [-0.39, 0.29) is 5.69 Å². The molecule has 0 spiro atoms. The van der Waals surface area contributed by atoms with Crippen LogP contribution in [-0.2, 0) is 0 Å². The van der Waals surface area contributed by atoms with Gasteiger partial charge in [0.15, 0.2) is 0 Å². The molecule has 0 saturated heterocycles. The highest BCUT2D eigenvalue weighted by Gasteiger charge is 2.02. The van der Waals surface area contributed by atoms with Crippen molar-refractivity contribution in [2.45, 2.75) is 0 Å².